The molecular weight excluding hydrogens is 346 g/mol. The van der Waals surface area contributed by atoms with E-state index in [1.54, 1.807) is 6.92 Å². The Morgan fingerprint density at radius 1 is 1.41 bits per heavy atom. The summed E-state index contributed by atoms with van der Waals surface area (Å²) in [6.45, 7) is 3.56. The Kier molecular flexibility index (Phi) is 5.38. The molecule has 2 N–H and O–H groups in total. The Hall–Kier alpha value is -1.64. The molecule has 0 aliphatic heterocycles. The molecule has 6 nitrogen and oxygen atoms in total. The van der Waals surface area contributed by atoms with Gasteiger partial charge >= 0.3 is 5.97 Å². The largest absolute Gasteiger partial charge is 0.478 e. The summed E-state index contributed by atoms with van der Waals surface area (Å²) in [6.07, 6.45) is 0. The number of halogens is 1. The number of amides is 1. The van der Waals surface area contributed by atoms with Gasteiger partial charge in [-0.25, -0.2) is 4.79 Å². The molecular formula is C13H12ClN3O3S2. The molecule has 9 heteroatoms. The van der Waals surface area contributed by atoms with E-state index >= 15 is 0 Å². The number of carboxylic acid groups (broad SMARTS) is 1. The third-order valence-electron chi connectivity index (χ3n) is 2.63. The number of hydrogen-bond acceptors (Lipinski definition) is 6. The molecule has 22 heavy (non-hydrogen) atoms. The SMILES string of the molecule is Cc1nnc(SC(C)C(=O)Nc2cc(C(=O)O)ccc2Cl)s1. The summed E-state index contributed by atoms with van der Waals surface area (Å²) in [5.74, 6) is -1.37. The maximum Gasteiger partial charge on any atom is 0.335 e. The maximum absolute atomic E-state index is 12.2. The Morgan fingerprint density at radius 3 is 2.73 bits per heavy atom. The number of carboxylic acids is 1. The van der Waals surface area contributed by atoms with Crippen molar-refractivity contribution in [1.29, 1.82) is 0 Å². The summed E-state index contributed by atoms with van der Waals surface area (Å²) in [4.78, 5) is 23.1. The molecule has 1 heterocycles. The van der Waals surface area contributed by atoms with Gasteiger partial charge in [0.05, 0.1) is 21.5 Å². The van der Waals surface area contributed by atoms with Gasteiger partial charge in [-0.2, -0.15) is 0 Å². The summed E-state index contributed by atoms with van der Waals surface area (Å²) >= 11 is 8.67. The number of aromatic nitrogens is 2. The lowest BCUT2D eigenvalue weighted by atomic mass is 10.2. The summed E-state index contributed by atoms with van der Waals surface area (Å²) in [6, 6.07) is 4.14. The fourth-order valence-corrected chi connectivity index (χ4v) is 3.64. The Morgan fingerprint density at radius 2 is 2.14 bits per heavy atom. The van der Waals surface area contributed by atoms with E-state index in [2.05, 4.69) is 15.5 Å². The molecule has 1 amide bonds. The number of thioether (sulfide) groups is 1. The van der Waals surface area contributed by atoms with E-state index in [1.807, 2.05) is 6.92 Å². The molecule has 0 saturated heterocycles. The van der Waals surface area contributed by atoms with Gasteiger partial charge in [0.15, 0.2) is 4.34 Å². The predicted molar refractivity (Wildman–Crippen MR) is 87.0 cm³/mol. The highest BCUT2D eigenvalue weighted by atomic mass is 35.5. The van der Waals surface area contributed by atoms with Gasteiger partial charge in [0, 0.05) is 0 Å². The zero-order valence-corrected chi connectivity index (χ0v) is 14.1. The number of carbonyl (C=O) groups excluding carboxylic acids is 1. The van der Waals surface area contributed by atoms with Crippen LogP contribution in [0.15, 0.2) is 22.5 Å². The van der Waals surface area contributed by atoms with Crippen molar-refractivity contribution in [1.82, 2.24) is 10.2 Å². The summed E-state index contributed by atoms with van der Waals surface area (Å²) in [7, 11) is 0. The van der Waals surface area contributed by atoms with Crippen LogP contribution in [0.1, 0.15) is 22.3 Å². The van der Waals surface area contributed by atoms with Crippen LogP contribution in [0.5, 0.6) is 0 Å². The summed E-state index contributed by atoms with van der Waals surface area (Å²) < 4.78 is 0.700. The van der Waals surface area contributed by atoms with Crippen molar-refractivity contribution in [3.63, 3.8) is 0 Å². The third kappa shape index (κ3) is 4.19. The summed E-state index contributed by atoms with van der Waals surface area (Å²) in [5.41, 5.74) is 0.326. The van der Waals surface area contributed by atoms with E-state index in [1.165, 1.54) is 41.3 Å². The molecule has 2 rings (SSSR count). The number of hydrogen-bond donors (Lipinski definition) is 2. The lowest BCUT2D eigenvalue weighted by Gasteiger charge is -2.12. The third-order valence-corrected chi connectivity index (χ3v) is 4.98. The lowest BCUT2D eigenvalue weighted by molar-refractivity contribution is -0.115. The van der Waals surface area contributed by atoms with Gasteiger partial charge in [0.25, 0.3) is 0 Å². The van der Waals surface area contributed by atoms with Crippen molar-refractivity contribution in [3.8, 4) is 0 Å². The van der Waals surface area contributed by atoms with Crippen LogP contribution in [0.2, 0.25) is 5.02 Å². The standard InChI is InChI=1S/C13H12ClN3O3S2/c1-6(21-13-17-16-7(2)22-13)11(18)15-10-5-8(12(19)20)3-4-9(10)14/h3-6H,1-2H3,(H,15,18)(H,19,20). The lowest BCUT2D eigenvalue weighted by Crippen LogP contribution is -2.22. The van der Waals surface area contributed by atoms with Crippen molar-refractivity contribution >= 4 is 52.3 Å². The van der Waals surface area contributed by atoms with Crippen LogP contribution >= 0.6 is 34.7 Å². The minimum absolute atomic E-state index is 0.0553. The molecule has 0 radical (unpaired) electrons. The molecule has 0 aliphatic rings. The zero-order chi connectivity index (χ0) is 16.3. The number of nitrogens with one attached hydrogen (secondary N) is 1. The van der Waals surface area contributed by atoms with Gasteiger partial charge in [-0.3, -0.25) is 4.79 Å². The van der Waals surface area contributed by atoms with Gasteiger partial charge in [0.1, 0.15) is 5.01 Å². The summed E-state index contributed by atoms with van der Waals surface area (Å²) in [5, 5.41) is 20.1. The number of anilines is 1. The van der Waals surface area contributed by atoms with E-state index in [9.17, 15) is 9.59 Å². The molecule has 0 saturated carbocycles. The monoisotopic (exact) mass is 357 g/mol. The molecule has 0 bridgehead atoms. The molecule has 1 atom stereocenters. The topological polar surface area (TPSA) is 92.2 Å². The number of benzene rings is 1. The van der Waals surface area contributed by atoms with Crippen molar-refractivity contribution < 1.29 is 14.7 Å². The van der Waals surface area contributed by atoms with Gasteiger partial charge in [-0.1, -0.05) is 34.7 Å². The van der Waals surface area contributed by atoms with Crippen molar-refractivity contribution in [2.75, 3.05) is 5.32 Å². The maximum atomic E-state index is 12.2. The van der Waals surface area contributed by atoms with Crippen LogP contribution in [0, 0.1) is 6.92 Å². The minimum Gasteiger partial charge on any atom is -0.478 e. The van der Waals surface area contributed by atoms with Crippen LogP contribution in [0.25, 0.3) is 0 Å². The number of carbonyl (C=O) groups is 2. The highest BCUT2D eigenvalue weighted by Gasteiger charge is 2.18. The number of aromatic carboxylic acids is 1. The van der Waals surface area contributed by atoms with Crippen molar-refractivity contribution in [3.05, 3.63) is 33.8 Å². The number of nitrogens with zero attached hydrogens (tertiary/aromatic N) is 2. The second kappa shape index (κ2) is 7.08. The van der Waals surface area contributed by atoms with Crippen LogP contribution in [0.4, 0.5) is 5.69 Å². The second-order valence-electron chi connectivity index (χ2n) is 4.34. The van der Waals surface area contributed by atoms with Crippen molar-refractivity contribution in [2.24, 2.45) is 0 Å². The van der Waals surface area contributed by atoms with E-state index in [-0.39, 0.29) is 22.2 Å². The number of aryl methyl sites for hydroxylation is 1. The first-order valence-corrected chi connectivity index (χ1v) is 8.24. The van der Waals surface area contributed by atoms with Gasteiger partial charge in [-0.15, -0.1) is 10.2 Å². The molecule has 2 aromatic rings. The van der Waals surface area contributed by atoms with Crippen LogP contribution in [-0.4, -0.2) is 32.4 Å². The average molecular weight is 358 g/mol. The minimum atomic E-state index is -1.08. The Bertz CT molecular complexity index is 720. The fraction of sp³-hybridized carbons (Fsp3) is 0.231. The first-order chi connectivity index (χ1) is 10.4. The van der Waals surface area contributed by atoms with Gasteiger partial charge in [-0.05, 0) is 32.0 Å². The van der Waals surface area contributed by atoms with Crippen LogP contribution in [0.3, 0.4) is 0 Å². The molecule has 0 aliphatic carbocycles. The van der Waals surface area contributed by atoms with E-state index in [0.717, 1.165) is 5.01 Å². The van der Waals surface area contributed by atoms with Gasteiger partial charge in [0.2, 0.25) is 5.91 Å². The second-order valence-corrected chi connectivity index (χ2v) is 7.51. The van der Waals surface area contributed by atoms with Crippen LogP contribution in [-0.2, 0) is 4.79 Å². The fourth-order valence-electron chi connectivity index (χ4n) is 1.52. The van der Waals surface area contributed by atoms with E-state index in [4.69, 9.17) is 16.7 Å². The van der Waals surface area contributed by atoms with Crippen molar-refractivity contribution in [2.45, 2.75) is 23.4 Å². The van der Waals surface area contributed by atoms with Gasteiger partial charge < -0.3 is 10.4 Å². The molecule has 116 valence electrons. The molecule has 0 spiro atoms. The highest BCUT2D eigenvalue weighted by molar-refractivity contribution is 8.02. The molecule has 1 aromatic heterocycles. The van der Waals surface area contributed by atoms with Crippen LogP contribution < -0.4 is 5.32 Å². The zero-order valence-electron chi connectivity index (χ0n) is 11.7. The quantitative estimate of drug-likeness (QED) is 0.797. The van der Waals surface area contributed by atoms with E-state index < -0.39 is 11.2 Å². The molecule has 0 fully saturated rings. The molecule has 1 aromatic carbocycles. The average Bonchev–Trinajstić information content (AvgIpc) is 2.86. The first-order valence-electron chi connectivity index (χ1n) is 6.17. The predicted octanol–water partition coefficient (Wildman–Crippen LogP) is 3.32. The molecule has 1 unspecified atom stereocenters. The number of rotatable bonds is 5. The van der Waals surface area contributed by atoms with E-state index in [0.29, 0.717) is 4.34 Å². The first kappa shape index (κ1) is 16.7. The normalized spacial score (nSPS) is 12.0. The smallest absolute Gasteiger partial charge is 0.335 e. The Balaban J connectivity index is 2.07. The highest BCUT2D eigenvalue weighted by Crippen LogP contribution is 2.28. The Labute approximate surface area is 139 Å².